The zero-order valence-corrected chi connectivity index (χ0v) is 15.8. The predicted molar refractivity (Wildman–Crippen MR) is 108 cm³/mol. The fourth-order valence-corrected chi connectivity index (χ4v) is 3.22. The fraction of sp³-hybridized carbons (Fsp3) is 0.136. The van der Waals surface area contributed by atoms with E-state index in [9.17, 15) is 4.79 Å². The van der Waals surface area contributed by atoms with Crippen LogP contribution in [0.4, 0.5) is 0 Å². The van der Waals surface area contributed by atoms with Crippen molar-refractivity contribution in [2.75, 3.05) is 0 Å². The Bertz CT molecular complexity index is 1090. The highest BCUT2D eigenvalue weighted by molar-refractivity contribution is 5.94. The number of carbonyl (C=O) groups excluding carboxylic acids is 1. The van der Waals surface area contributed by atoms with E-state index in [0.29, 0.717) is 12.1 Å². The summed E-state index contributed by atoms with van der Waals surface area (Å²) in [6.45, 7) is 4.37. The fourth-order valence-electron chi connectivity index (χ4n) is 3.22. The van der Waals surface area contributed by atoms with Crippen molar-refractivity contribution in [3.05, 3.63) is 89.4 Å². The Morgan fingerprint density at radius 2 is 1.82 bits per heavy atom. The van der Waals surface area contributed by atoms with Crippen LogP contribution in [0.15, 0.2) is 66.9 Å². The van der Waals surface area contributed by atoms with Gasteiger partial charge in [0.1, 0.15) is 0 Å². The van der Waals surface area contributed by atoms with Crippen molar-refractivity contribution in [3.63, 3.8) is 0 Å². The third-order valence-electron chi connectivity index (χ3n) is 4.60. The number of hydrogen-bond acceptors (Lipinski definition) is 3. The van der Waals surface area contributed by atoms with E-state index in [2.05, 4.69) is 20.6 Å². The lowest BCUT2D eigenvalue weighted by Crippen LogP contribution is -2.22. The Kier molecular flexibility index (Phi) is 4.76. The Morgan fingerprint density at radius 1 is 1.07 bits per heavy atom. The van der Waals surface area contributed by atoms with Crippen LogP contribution in [-0.4, -0.2) is 25.9 Å². The van der Waals surface area contributed by atoms with E-state index in [4.69, 9.17) is 0 Å². The van der Waals surface area contributed by atoms with E-state index in [1.165, 1.54) is 0 Å². The van der Waals surface area contributed by atoms with Crippen molar-refractivity contribution in [2.24, 2.45) is 0 Å². The molecule has 0 saturated heterocycles. The van der Waals surface area contributed by atoms with E-state index in [1.54, 1.807) is 6.20 Å². The molecule has 0 spiro atoms. The standard InChI is InChI=1S/C22H21N5O/c1-15-12-16(2)27(26-15)20-10-8-18(9-11-20)22(28)23-13-19-14-24-25-21(19)17-6-4-3-5-7-17/h3-12,14H,13H2,1-2H3,(H,23,28)(H,24,25). The maximum Gasteiger partial charge on any atom is 0.251 e. The molecule has 0 saturated carbocycles. The molecule has 0 aliphatic heterocycles. The van der Waals surface area contributed by atoms with Crippen LogP contribution < -0.4 is 5.32 Å². The monoisotopic (exact) mass is 371 g/mol. The van der Waals surface area contributed by atoms with Gasteiger partial charge in [-0.2, -0.15) is 10.2 Å². The smallest absolute Gasteiger partial charge is 0.251 e. The number of aryl methyl sites for hydroxylation is 2. The molecule has 4 aromatic rings. The van der Waals surface area contributed by atoms with Gasteiger partial charge < -0.3 is 5.32 Å². The minimum atomic E-state index is -0.125. The highest BCUT2D eigenvalue weighted by Gasteiger charge is 2.11. The molecule has 0 aliphatic rings. The van der Waals surface area contributed by atoms with Crippen molar-refractivity contribution >= 4 is 5.91 Å². The molecular formula is C22H21N5O. The molecule has 2 aromatic heterocycles. The lowest BCUT2D eigenvalue weighted by atomic mass is 10.1. The first-order chi connectivity index (χ1) is 13.6. The van der Waals surface area contributed by atoms with Crippen molar-refractivity contribution in [1.29, 1.82) is 0 Å². The molecule has 4 rings (SSSR count). The van der Waals surface area contributed by atoms with E-state index in [1.807, 2.05) is 79.2 Å². The number of carbonyl (C=O) groups is 1. The number of hydrogen-bond donors (Lipinski definition) is 2. The van der Waals surface area contributed by atoms with Crippen LogP contribution in [0, 0.1) is 13.8 Å². The highest BCUT2D eigenvalue weighted by atomic mass is 16.1. The Hall–Kier alpha value is -3.67. The van der Waals surface area contributed by atoms with Gasteiger partial charge in [-0.15, -0.1) is 0 Å². The van der Waals surface area contributed by atoms with Gasteiger partial charge in [0, 0.05) is 23.4 Å². The second-order valence-corrected chi connectivity index (χ2v) is 6.70. The molecule has 0 aliphatic carbocycles. The minimum Gasteiger partial charge on any atom is -0.348 e. The zero-order chi connectivity index (χ0) is 19.5. The Morgan fingerprint density at radius 3 is 2.50 bits per heavy atom. The second kappa shape index (κ2) is 7.52. The number of amides is 1. The number of nitrogens with one attached hydrogen (secondary N) is 2. The first-order valence-electron chi connectivity index (χ1n) is 9.11. The van der Waals surface area contributed by atoms with E-state index in [-0.39, 0.29) is 5.91 Å². The van der Waals surface area contributed by atoms with Crippen LogP contribution in [0.25, 0.3) is 16.9 Å². The molecule has 2 heterocycles. The van der Waals surface area contributed by atoms with E-state index < -0.39 is 0 Å². The van der Waals surface area contributed by atoms with Crippen molar-refractivity contribution in [3.8, 4) is 16.9 Å². The quantitative estimate of drug-likeness (QED) is 0.560. The largest absolute Gasteiger partial charge is 0.348 e. The predicted octanol–water partition coefficient (Wildman–Crippen LogP) is 3.81. The zero-order valence-electron chi connectivity index (χ0n) is 15.8. The van der Waals surface area contributed by atoms with E-state index >= 15 is 0 Å². The second-order valence-electron chi connectivity index (χ2n) is 6.70. The molecule has 1 amide bonds. The van der Waals surface area contributed by atoms with Gasteiger partial charge >= 0.3 is 0 Å². The van der Waals surface area contributed by atoms with Gasteiger partial charge in [0.15, 0.2) is 0 Å². The summed E-state index contributed by atoms with van der Waals surface area (Å²) in [4.78, 5) is 12.5. The van der Waals surface area contributed by atoms with Gasteiger partial charge in [0.05, 0.1) is 23.3 Å². The summed E-state index contributed by atoms with van der Waals surface area (Å²) in [5, 5.41) is 14.6. The van der Waals surface area contributed by atoms with Gasteiger partial charge in [-0.25, -0.2) is 4.68 Å². The van der Waals surface area contributed by atoms with Gasteiger partial charge in [-0.05, 0) is 49.7 Å². The molecule has 0 fully saturated rings. The first kappa shape index (κ1) is 17.7. The third kappa shape index (κ3) is 3.57. The summed E-state index contributed by atoms with van der Waals surface area (Å²) >= 11 is 0. The molecular weight excluding hydrogens is 350 g/mol. The molecule has 0 radical (unpaired) electrons. The lowest BCUT2D eigenvalue weighted by Gasteiger charge is -2.08. The van der Waals surface area contributed by atoms with Crippen molar-refractivity contribution < 1.29 is 4.79 Å². The summed E-state index contributed by atoms with van der Waals surface area (Å²) in [5.74, 6) is -0.125. The molecule has 6 nitrogen and oxygen atoms in total. The van der Waals surface area contributed by atoms with Crippen LogP contribution in [0.3, 0.4) is 0 Å². The van der Waals surface area contributed by atoms with E-state index in [0.717, 1.165) is 33.9 Å². The topological polar surface area (TPSA) is 75.6 Å². The lowest BCUT2D eigenvalue weighted by molar-refractivity contribution is 0.0951. The number of nitrogens with zero attached hydrogens (tertiary/aromatic N) is 3. The van der Waals surface area contributed by atoms with Crippen molar-refractivity contribution in [1.82, 2.24) is 25.3 Å². The van der Waals surface area contributed by atoms with Crippen LogP contribution in [-0.2, 0) is 6.54 Å². The van der Waals surface area contributed by atoms with Crippen LogP contribution in [0.2, 0.25) is 0 Å². The summed E-state index contributed by atoms with van der Waals surface area (Å²) in [5.41, 5.74) is 6.47. The SMILES string of the molecule is Cc1cc(C)n(-c2ccc(C(=O)NCc3cn[nH]c3-c3ccccc3)cc2)n1. The molecule has 2 N–H and O–H groups in total. The Balaban J connectivity index is 1.45. The summed E-state index contributed by atoms with van der Waals surface area (Å²) in [7, 11) is 0. The van der Waals surface area contributed by atoms with Crippen LogP contribution >= 0.6 is 0 Å². The number of benzene rings is 2. The highest BCUT2D eigenvalue weighted by Crippen LogP contribution is 2.20. The number of rotatable bonds is 5. The number of H-pyrrole nitrogens is 1. The summed E-state index contributed by atoms with van der Waals surface area (Å²) < 4.78 is 1.87. The van der Waals surface area contributed by atoms with Gasteiger partial charge in [-0.1, -0.05) is 30.3 Å². The van der Waals surface area contributed by atoms with Crippen LogP contribution in [0.1, 0.15) is 27.3 Å². The normalized spacial score (nSPS) is 10.8. The van der Waals surface area contributed by atoms with Crippen molar-refractivity contribution in [2.45, 2.75) is 20.4 Å². The maximum atomic E-state index is 12.5. The molecule has 0 atom stereocenters. The molecule has 0 bridgehead atoms. The number of aromatic nitrogens is 4. The molecule has 28 heavy (non-hydrogen) atoms. The molecule has 2 aromatic carbocycles. The number of aromatic amines is 1. The average Bonchev–Trinajstić information content (AvgIpc) is 3.32. The van der Waals surface area contributed by atoms with Gasteiger partial charge in [0.2, 0.25) is 0 Å². The average molecular weight is 371 g/mol. The molecule has 0 unspecified atom stereocenters. The maximum absolute atomic E-state index is 12.5. The van der Waals surface area contributed by atoms with Crippen LogP contribution in [0.5, 0.6) is 0 Å². The molecule has 140 valence electrons. The Labute approximate surface area is 163 Å². The molecule has 6 heteroatoms. The first-order valence-corrected chi connectivity index (χ1v) is 9.11. The minimum absolute atomic E-state index is 0.125. The van der Waals surface area contributed by atoms with Gasteiger partial charge in [0.25, 0.3) is 5.91 Å². The van der Waals surface area contributed by atoms with Gasteiger partial charge in [-0.3, -0.25) is 9.89 Å². The third-order valence-corrected chi connectivity index (χ3v) is 4.60. The summed E-state index contributed by atoms with van der Waals surface area (Å²) in [6.07, 6.45) is 1.74. The summed E-state index contributed by atoms with van der Waals surface area (Å²) in [6, 6.07) is 19.4.